The minimum atomic E-state index is -4.23. The van der Waals surface area contributed by atoms with Crippen LogP contribution in [0, 0.1) is 6.92 Å². The molecule has 0 aliphatic rings. The molecule has 0 heterocycles. The average molecular weight is 369 g/mol. The summed E-state index contributed by atoms with van der Waals surface area (Å²) in [6.07, 6.45) is 0. The van der Waals surface area contributed by atoms with Crippen LogP contribution in [0.15, 0.2) is 61.3 Å². The first-order valence-electron chi connectivity index (χ1n) is 6.55. The second-order valence-corrected chi connectivity index (χ2v) is 6.23. The molecule has 2 aromatic carbocycles. The zero-order chi connectivity index (χ0) is 17.7. The van der Waals surface area contributed by atoms with Crippen LogP contribution in [0.25, 0.3) is 0 Å². The maximum atomic E-state index is 11.0. The lowest BCUT2D eigenvalue weighted by Gasteiger charge is -2.06. The predicted octanol–water partition coefficient (Wildman–Crippen LogP) is 4.90. The first-order valence-corrected chi connectivity index (χ1v) is 8.33. The van der Waals surface area contributed by atoms with Crippen molar-refractivity contribution >= 4 is 39.0 Å². The summed E-state index contributed by atoms with van der Waals surface area (Å²) in [4.78, 5) is -0.213. The fourth-order valence-corrected chi connectivity index (χ4v) is 2.41. The Morgan fingerprint density at radius 1 is 1.04 bits per heavy atom. The van der Waals surface area contributed by atoms with Crippen LogP contribution in [0.5, 0.6) is 5.75 Å². The van der Waals surface area contributed by atoms with E-state index < -0.39 is 10.1 Å². The molecular formula is C14H13ClN4O4S. The number of aryl methyl sites for hydroxylation is 1. The van der Waals surface area contributed by atoms with Gasteiger partial charge in [-0.25, -0.2) is 0 Å². The fraction of sp³-hybridized carbons (Fsp3) is 0.143. The molecule has 0 unspecified atom stereocenters. The first kappa shape index (κ1) is 18.0. The number of halogens is 1. The van der Waals surface area contributed by atoms with E-state index in [0.29, 0.717) is 22.8 Å². The van der Waals surface area contributed by atoms with E-state index in [-0.39, 0.29) is 4.90 Å². The van der Waals surface area contributed by atoms with Crippen molar-refractivity contribution in [3.8, 4) is 5.75 Å². The van der Waals surface area contributed by atoms with Gasteiger partial charge < -0.3 is 4.74 Å². The molecule has 2 aromatic rings. The van der Waals surface area contributed by atoms with Crippen LogP contribution in [-0.4, -0.2) is 20.1 Å². The number of benzene rings is 2. The zero-order valence-corrected chi connectivity index (χ0v) is 14.3. The number of hydrogen-bond donors (Lipinski definition) is 1. The van der Waals surface area contributed by atoms with Crippen LogP contribution < -0.4 is 4.74 Å². The number of ether oxygens (including phenoxy) is 1. The zero-order valence-electron chi connectivity index (χ0n) is 12.7. The van der Waals surface area contributed by atoms with Gasteiger partial charge in [-0.05, 0) is 42.8 Å². The van der Waals surface area contributed by atoms with Crippen molar-refractivity contribution in [2.75, 3.05) is 7.11 Å². The van der Waals surface area contributed by atoms with Crippen molar-refractivity contribution in [3.63, 3.8) is 0 Å². The Hall–Kier alpha value is -2.36. The second-order valence-electron chi connectivity index (χ2n) is 4.66. The number of rotatable bonds is 5. The molecule has 0 aliphatic carbocycles. The number of hydrogen-bond acceptors (Lipinski definition) is 7. The van der Waals surface area contributed by atoms with E-state index in [0.717, 1.165) is 5.56 Å². The minimum Gasteiger partial charge on any atom is -0.494 e. The van der Waals surface area contributed by atoms with E-state index in [1.807, 2.05) is 6.92 Å². The smallest absolute Gasteiger partial charge is 0.294 e. The summed E-state index contributed by atoms with van der Waals surface area (Å²) in [5.41, 5.74) is 2.19. The molecule has 24 heavy (non-hydrogen) atoms. The van der Waals surface area contributed by atoms with Crippen LogP contribution in [0.4, 0.5) is 17.1 Å². The Bertz CT molecular complexity index is 896. The molecule has 0 aromatic heterocycles. The largest absolute Gasteiger partial charge is 0.494 e. The Morgan fingerprint density at radius 3 is 2.25 bits per heavy atom. The van der Waals surface area contributed by atoms with Gasteiger partial charge in [-0.1, -0.05) is 4.63 Å². The van der Waals surface area contributed by atoms with E-state index in [4.69, 9.17) is 21.1 Å². The topological polar surface area (TPSA) is 113 Å². The summed E-state index contributed by atoms with van der Waals surface area (Å²) in [6, 6.07) is 8.65. The Morgan fingerprint density at radius 2 is 1.71 bits per heavy atom. The molecule has 2 rings (SSSR count). The highest BCUT2D eigenvalue weighted by atomic mass is 35.5. The van der Waals surface area contributed by atoms with Crippen LogP contribution in [0.1, 0.15) is 5.56 Å². The molecule has 0 radical (unpaired) electrons. The van der Waals surface area contributed by atoms with Gasteiger partial charge in [0.25, 0.3) is 10.1 Å². The molecule has 1 N–H and O–H groups in total. The summed E-state index contributed by atoms with van der Waals surface area (Å²) in [7, 11) is -2.75. The highest BCUT2D eigenvalue weighted by Gasteiger charge is 2.09. The van der Waals surface area contributed by atoms with E-state index in [9.17, 15) is 8.42 Å². The molecule has 0 fully saturated rings. The van der Waals surface area contributed by atoms with Crippen molar-refractivity contribution in [1.82, 2.24) is 0 Å². The SMILES string of the molecule is COc1cc(N=Nc2ccc(S(=O)(=O)O)cc2)c(C)cc1N=NCl. The third-order valence-corrected chi connectivity index (χ3v) is 3.99. The van der Waals surface area contributed by atoms with Gasteiger partial charge in [-0.15, -0.1) is 5.11 Å². The van der Waals surface area contributed by atoms with Crippen LogP contribution in [0.2, 0.25) is 0 Å². The van der Waals surface area contributed by atoms with Crippen molar-refractivity contribution < 1.29 is 17.7 Å². The lowest BCUT2D eigenvalue weighted by atomic mass is 10.1. The maximum Gasteiger partial charge on any atom is 0.294 e. The fourth-order valence-electron chi connectivity index (χ4n) is 1.85. The lowest BCUT2D eigenvalue weighted by Crippen LogP contribution is -1.96. The molecule has 0 aliphatic heterocycles. The standard InChI is InChI=1S/C14H13ClN4O4S/c1-9-7-13(18-19-15)14(23-2)8-12(9)17-16-10-3-5-11(6-4-10)24(20,21)22/h3-8H,1-2H3,(H,20,21,22). The molecule has 0 saturated carbocycles. The van der Waals surface area contributed by atoms with Gasteiger partial charge in [0.2, 0.25) is 0 Å². The van der Waals surface area contributed by atoms with Crippen LogP contribution >= 0.6 is 11.8 Å². The molecule has 0 spiro atoms. The van der Waals surface area contributed by atoms with Crippen LogP contribution in [0.3, 0.4) is 0 Å². The van der Waals surface area contributed by atoms with Crippen molar-refractivity contribution in [2.45, 2.75) is 11.8 Å². The van der Waals surface area contributed by atoms with Crippen molar-refractivity contribution in [3.05, 3.63) is 42.0 Å². The lowest BCUT2D eigenvalue weighted by molar-refractivity contribution is 0.416. The van der Waals surface area contributed by atoms with Gasteiger partial charge in [-0.2, -0.15) is 18.6 Å². The summed E-state index contributed by atoms with van der Waals surface area (Å²) >= 11 is 5.24. The second kappa shape index (κ2) is 7.47. The molecule has 8 nitrogen and oxygen atoms in total. The van der Waals surface area contributed by atoms with Crippen molar-refractivity contribution in [2.24, 2.45) is 20.0 Å². The molecular weight excluding hydrogens is 356 g/mol. The molecule has 0 bridgehead atoms. The van der Waals surface area contributed by atoms with E-state index in [2.05, 4.69) is 20.0 Å². The molecule has 0 atom stereocenters. The van der Waals surface area contributed by atoms with Gasteiger partial charge in [0, 0.05) is 6.07 Å². The first-order chi connectivity index (χ1) is 11.3. The third-order valence-electron chi connectivity index (χ3n) is 3.05. The monoisotopic (exact) mass is 368 g/mol. The normalized spacial score (nSPS) is 12.2. The Kier molecular flexibility index (Phi) is 5.60. The van der Waals surface area contributed by atoms with Crippen LogP contribution in [-0.2, 0) is 10.1 Å². The van der Waals surface area contributed by atoms with Gasteiger partial charge >= 0.3 is 0 Å². The number of methoxy groups -OCH3 is 1. The highest BCUT2D eigenvalue weighted by Crippen LogP contribution is 2.35. The van der Waals surface area contributed by atoms with Gasteiger partial charge in [0.1, 0.15) is 11.4 Å². The number of nitrogens with zero attached hydrogens (tertiary/aromatic N) is 4. The Balaban J connectivity index is 2.32. The van der Waals surface area contributed by atoms with E-state index in [1.165, 1.54) is 31.4 Å². The summed E-state index contributed by atoms with van der Waals surface area (Å²) in [6.45, 7) is 1.81. The highest BCUT2D eigenvalue weighted by molar-refractivity contribution is 7.85. The molecule has 10 heteroatoms. The number of azo groups is 1. The Labute approximate surface area is 143 Å². The third kappa shape index (κ3) is 4.34. The van der Waals surface area contributed by atoms with Crippen molar-refractivity contribution in [1.29, 1.82) is 0 Å². The molecule has 126 valence electrons. The summed E-state index contributed by atoms with van der Waals surface area (Å²) in [5.74, 6) is 0.431. The maximum absolute atomic E-state index is 11.0. The molecule has 0 amide bonds. The van der Waals surface area contributed by atoms with Gasteiger partial charge in [-0.3, -0.25) is 4.55 Å². The average Bonchev–Trinajstić information content (AvgIpc) is 2.54. The van der Waals surface area contributed by atoms with E-state index in [1.54, 1.807) is 12.1 Å². The quantitative estimate of drug-likeness (QED) is 0.596. The summed E-state index contributed by atoms with van der Waals surface area (Å²) < 4.78 is 39.3. The van der Waals surface area contributed by atoms with E-state index >= 15 is 0 Å². The van der Waals surface area contributed by atoms with Gasteiger partial charge in [0.15, 0.2) is 0 Å². The predicted molar refractivity (Wildman–Crippen MR) is 88.5 cm³/mol. The minimum absolute atomic E-state index is 0.213. The van der Waals surface area contributed by atoms with Gasteiger partial charge in [0.05, 0.1) is 35.2 Å². The molecule has 0 saturated heterocycles. The summed E-state index contributed by atoms with van der Waals surface area (Å²) in [5, 5.41) is 11.9.